The lowest BCUT2D eigenvalue weighted by molar-refractivity contribution is 0.146. The number of aliphatic hydroxyl groups is 1. The van der Waals surface area contributed by atoms with Crippen molar-refractivity contribution in [1.29, 1.82) is 0 Å². The van der Waals surface area contributed by atoms with Crippen LogP contribution in [0.15, 0.2) is 30.5 Å². The standard InChI is InChI=1S/C21H22F3N5O/c1-11(15-4-3-5-16(18(15)22)20(23)24)26-21-17-8-13(29-7-6-14(30)10-29)9-25-19(17)12(2)27-28-21/h3-5,8-9,11,14,20,30H,6-7,10H2,1-2H3,(H,26,28)/t11?,14-/m0/s1. The molecule has 0 aliphatic carbocycles. The first-order valence-electron chi connectivity index (χ1n) is 9.74. The number of rotatable bonds is 5. The molecule has 0 radical (unpaired) electrons. The number of aromatic nitrogens is 3. The van der Waals surface area contributed by atoms with Crippen LogP contribution >= 0.6 is 0 Å². The van der Waals surface area contributed by atoms with Crippen LogP contribution in [0.4, 0.5) is 24.7 Å². The smallest absolute Gasteiger partial charge is 0.266 e. The zero-order valence-corrected chi connectivity index (χ0v) is 16.6. The van der Waals surface area contributed by atoms with Crippen LogP contribution in [0.25, 0.3) is 10.9 Å². The van der Waals surface area contributed by atoms with Gasteiger partial charge < -0.3 is 15.3 Å². The number of β-amino-alcohol motifs (C(OH)–C–C–N with tert-alkyl or cyclic N) is 1. The highest BCUT2D eigenvalue weighted by atomic mass is 19.3. The van der Waals surface area contributed by atoms with E-state index < -0.39 is 23.8 Å². The van der Waals surface area contributed by atoms with Crippen molar-refractivity contribution in [2.75, 3.05) is 23.3 Å². The van der Waals surface area contributed by atoms with E-state index >= 15 is 0 Å². The zero-order valence-electron chi connectivity index (χ0n) is 16.6. The second-order valence-corrected chi connectivity index (χ2v) is 7.53. The molecule has 2 atom stereocenters. The van der Waals surface area contributed by atoms with Crippen LogP contribution < -0.4 is 10.2 Å². The molecule has 3 heterocycles. The number of nitrogens with one attached hydrogen (secondary N) is 1. The molecule has 30 heavy (non-hydrogen) atoms. The number of halogens is 3. The molecule has 6 nitrogen and oxygen atoms in total. The number of aliphatic hydroxyl groups excluding tert-OH is 1. The Bertz CT molecular complexity index is 1080. The van der Waals surface area contributed by atoms with Crippen LogP contribution in [0.2, 0.25) is 0 Å². The van der Waals surface area contributed by atoms with Gasteiger partial charge in [0.2, 0.25) is 0 Å². The summed E-state index contributed by atoms with van der Waals surface area (Å²) < 4.78 is 40.7. The number of benzene rings is 1. The number of aryl methyl sites for hydroxylation is 1. The van der Waals surface area contributed by atoms with Gasteiger partial charge in [-0.05, 0) is 26.3 Å². The summed E-state index contributed by atoms with van der Waals surface area (Å²) in [6, 6.07) is 5.25. The van der Waals surface area contributed by atoms with Gasteiger partial charge in [0.15, 0.2) is 5.82 Å². The number of pyridine rings is 1. The third kappa shape index (κ3) is 3.77. The maximum Gasteiger partial charge on any atom is 0.266 e. The van der Waals surface area contributed by atoms with E-state index in [9.17, 15) is 18.3 Å². The van der Waals surface area contributed by atoms with Gasteiger partial charge in [-0.3, -0.25) is 4.98 Å². The Labute approximate surface area is 171 Å². The predicted octanol–water partition coefficient (Wildman–Crippen LogP) is 4.15. The Morgan fingerprint density at radius 2 is 2.00 bits per heavy atom. The van der Waals surface area contributed by atoms with Crippen molar-refractivity contribution in [1.82, 2.24) is 15.2 Å². The summed E-state index contributed by atoms with van der Waals surface area (Å²) >= 11 is 0. The number of alkyl halides is 2. The molecule has 1 unspecified atom stereocenters. The summed E-state index contributed by atoms with van der Waals surface area (Å²) in [4.78, 5) is 6.54. The molecule has 158 valence electrons. The van der Waals surface area contributed by atoms with E-state index in [0.29, 0.717) is 35.4 Å². The number of fused-ring (bicyclic) bond motifs is 1. The Kier molecular flexibility index (Phi) is 5.46. The van der Waals surface area contributed by atoms with Gasteiger partial charge in [0.25, 0.3) is 6.43 Å². The first-order chi connectivity index (χ1) is 14.3. The zero-order chi connectivity index (χ0) is 21.4. The molecule has 1 aromatic carbocycles. The van der Waals surface area contributed by atoms with E-state index in [0.717, 1.165) is 18.3 Å². The van der Waals surface area contributed by atoms with Crippen molar-refractivity contribution < 1.29 is 18.3 Å². The molecule has 2 N–H and O–H groups in total. The molecule has 9 heteroatoms. The highest BCUT2D eigenvalue weighted by molar-refractivity contribution is 5.92. The molecule has 0 saturated carbocycles. The van der Waals surface area contributed by atoms with Crippen molar-refractivity contribution >= 4 is 22.4 Å². The van der Waals surface area contributed by atoms with Crippen LogP contribution in [-0.2, 0) is 0 Å². The molecule has 0 bridgehead atoms. The average molecular weight is 417 g/mol. The monoisotopic (exact) mass is 417 g/mol. The van der Waals surface area contributed by atoms with Crippen LogP contribution in [0.5, 0.6) is 0 Å². The molecule has 1 aliphatic rings. The number of hydrogen-bond donors (Lipinski definition) is 2. The maximum absolute atomic E-state index is 14.6. The van der Waals surface area contributed by atoms with Crippen LogP contribution in [0, 0.1) is 12.7 Å². The summed E-state index contributed by atoms with van der Waals surface area (Å²) in [5, 5.41) is 21.9. The molecule has 1 saturated heterocycles. The first kappa shape index (κ1) is 20.3. The van der Waals surface area contributed by atoms with Gasteiger partial charge >= 0.3 is 0 Å². The first-order valence-corrected chi connectivity index (χ1v) is 9.74. The SMILES string of the molecule is Cc1nnc(NC(C)c2cccc(C(F)F)c2F)c2cc(N3CC[C@H](O)C3)cnc12. The molecule has 1 fully saturated rings. The van der Waals surface area contributed by atoms with E-state index in [1.54, 1.807) is 20.0 Å². The second-order valence-electron chi connectivity index (χ2n) is 7.53. The predicted molar refractivity (Wildman–Crippen MR) is 108 cm³/mol. The van der Waals surface area contributed by atoms with E-state index in [2.05, 4.69) is 20.5 Å². The molecule has 1 aliphatic heterocycles. The number of anilines is 2. The largest absolute Gasteiger partial charge is 0.391 e. The van der Waals surface area contributed by atoms with Crippen molar-refractivity contribution in [2.45, 2.75) is 38.8 Å². The number of nitrogens with zero attached hydrogens (tertiary/aromatic N) is 4. The minimum Gasteiger partial charge on any atom is -0.391 e. The fraction of sp³-hybridized carbons (Fsp3) is 0.381. The summed E-state index contributed by atoms with van der Waals surface area (Å²) in [6.07, 6.45) is -0.845. The minimum atomic E-state index is -2.89. The molecule has 0 amide bonds. The molecular formula is C21H22F3N5O. The van der Waals surface area contributed by atoms with Gasteiger partial charge in [0.1, 0.15) is 5.82 Å². The minimum absolute atomic E-state index is 0.120. The Hall–Kier alpha value is -2.94. The lowest BCUT2D eigenvalue weighted by Crippen LogP contribution is -2.21. The molecule has 2 aromatic heterocycles. The van der Waals surface area contributed by atoms with Crippen molar-refractivity contribution in [3.05, 3.63) is 53.1 Å². The van der Waals surface area contributed by atoms with Crippen LogP contribution in [0.1, 0.15) is 42.6 Å². The summed E-state index contributed by atoms with van der Waals surface area (Å²) in [6.45, 7) is 4.71. The molecule has 4 rings (SSSR count). The van der Waals surface area contributed by atoms with Crippen molar-refractivity contribution in [3.63, 3.8) is 0 Å². The van der Waals surface area contributed by atoms with E-state index in [1.807, 2.05) is 11.0 Å². The van der Waals surface area contributed by atoms with Crippen molar-refractivity contribution in [2.24, 2.45) is 0 Å². The fourth-order valence-corrected chi connectivity index (χ4v) is 3.76. The molecule has 0 spiro atoms. The third-order valence-electron chi connectivity index (χ3n) is 5.41. The van der Waals surface area contributed by atoms with Crippen molar-refractivity contribution in [3.8, 4) is 0 Å². The van der Waals surface area contributed by atoms with Gasteiger partial charge in [-0.15, -0.1) is 5.10 Å². The van der Waals surface area contributed by atoms with Gasteiger partial charge in [-0.1, -0.05) is 18.2 Å². The van der Waals surface area contributed by atoms with Crippen LogP contribution in [-0.4, -0.2) is 39.5 Å². The second kappa shape index (κ2) is 8.06. The fourth-order valence-electron chi connectivity index (χ4n) is 3.76. The lowest BCUT2D eigenvalue weighted by Gasteiger charge is -2.20. The lowest BCUT2D eigenvalue weighted by atomic mass is 10.0. The Morgan fingerprint density at radius 3 is 2.70 bits per heavy atom. The quantitative estimate of drug-likeness (QED) is 0.650. The maximum atomic E-state index is 14.6. The normalized spacial score (nSPS) is 17.7. The topological polar surface area (TPSA) is 74.2 Å². The van der Waals surface area contributed by atoms with Crippen LogP contribution in [0.3, 0.4) is 0 Å². The van der Waals surface area contributed by atoms with E-state index in [-0.39, 0.29) is 11.7 Å². The highest BCUT2D eigenvalue weighted by Crippen LogP contribution is 2.32. The summed E-state index contributed by atoms with van der Waals surface area (Å²) in [5.74, 6) is -0.541. The van der Waals surface area contributed by atoms with E-state index in [4.69, 9.17) is 0 Å². The van der Waals surface area contributed by atoms with Gasteiger partial charge in [0, 0.05) is 24.0 Å². The van der Waals surface area contributed by atoms with E-state index in [1.165, 1.54) is 12.1 Å². The summed E-state index contributed by atoms with van der Waals surface area (Å²) in [5.41, 5.74) is 1.62. The van der Waals surface area contributed by atoms with Gasteiger partial charge in [-0.25, -0.2) is 13.2 Å². The molecule has 3 aromatic rings. The van der Waals surface area contributed by atoms with Gasteiger partial charge in [-0.2, -0.15) is 5.10 Å². The summed E-state index contributed by atoms with van der Waals surface area (Å²) in [7, 11) is 0. The average Bonchev–Trinajstić information content (AvgIpc) is 3.16. The highest BCUT2D eigenvalue weighted by Gasteiger charge is 2.23. The third-order valence-corrected chi connectivity index (χ3v) is 5.41. The molecular weight excluding hydrogens is 395 g/mol. The Morgan fingerprint density at radius 1 is 1.23 bits per heavy atom. The number of hydrogen-bond acceptors (Lipinski definition) is 6. The van der Waals surface area contributed by atoms with Gasteiger partial charge in [0.05, 0.1) is 40.8 Å². The Balaban J connectivity index is 1.70.